The summed E-state index contributed by atoms with van der Waals surface area (Å²) in [5, 5.41) is 11.4. The van der Waals surface area contributed by atoms with Crippen LogP contribution in [0.2, 0.25) is 0 Å². The minimum Gasteiger partial charge on any atom is -0.512 e. The second-order valence-corrected chi connectivity index (χ2v) is 9.15. The van der Waals surface area contributed by atoms with Crippen molar-refractivity contribution < 1.29 is 9.90 Å². The molecule has 0 bridgehead atoms. The van der Waals surface area contributed by atoms with Crippen LogP contribution >= 0.6 is 11.8 Å². The lowest BCUT2D eigenvalue weighted by atomic mass is 9.79. The summed E-state index contributed by atoms with van der Waals surface area (Å²) in [6, 6.07) is 4.33. The summed E-state index contributed by atoms with van der Waals surface area (Å²) in [4.78, 5) is 13.0. The molecule has 1 aromatic carbocycles. The minimum absolute atomic E-state index is 0.125. The second kappa shape index (κ2) is 9.64. The number of aryl methyl sites for hydroxylation is 3. The van der Waals surface area contributed by atoms with Gasteiger partial charge < -0.3 is 5.11 Å². The van der Waals surface area contributed by atoms with Gasteiger partial charge in [0.1, 0.15) is 5.76 Å². The fourth-order valence-corrected chi connectivity index (χ4v) is 5.15. The molecule has 0 aliphatic heterocycles. The smallest absolute Gasteiger partial charge is 0.167 e. The average Bonchev–Trinajstić information content (AvgIpc) is 2.59. The summed E-state index contributed by atoms with van der Waals surface area (Å²) in [5.74, 6) is 1.87. The molecule has 144 valence electrons. The van der Waals surface area contributed by atoms with Gasteiger partial charge in [-0.1, -0.05) is 45.4 Å². The molecule has 3 heteroatoms. The molecule has 2 atom stereocenters. The van der Waals surface area contributed by atoms with Crippen LogP contribution in [0, 0.1) is 12.8 Å². The Hall–Kier alpha value is -1.22. The molecule has 0 amide bonds. The van der Waals surface area contributed by atoms with Crippen LogP contribution in [0.3, 0.4) is 0 Å². The second-order valence-electron chi connectivity index (χ2n) is 7.60. The van der Waals surface area contributed by atoms with E-state index in [0.717, 1.165) is 30.6 Å². The topological polar surface area (TPSA) is 37.3 Å². The van der Waals surface area contributed by atoms with Crippen LogP contribution < -0.4 is 0 Å². The molecule has 0 radical (unpaired) electrons. The van der Waals surface area contributed by atoms with Crippen molar-refractivity contribution in [1.29, 1.82) is 0 Å². The molecule has 1 N–H and O–H groups in total. The maximum atomic E-state index is 13.0. The van der Waals surface area contributed by atoms with Gasteiger partial charge in [-0.15, -0.1) is 0 Å². The van der Waals surface area contributed by atoms with Crippen LogP contribution in [-0.4, -0.2) is 21.9 Å². The predicted molar refractivity (Wildman–Crippen MR) is 114 cm³/mol. The van der Waals surface area contributed by atoms with E-state index in [1.165, 1.54) is 23.1 Å². The molecule has 2 rings (SSSR count). The molecule has 0 saturated heterocycles. The molecule has 0 fully saturated rings. The molecule has 2 unspecified atom stereocenters. The van der Waals surface area contributed by atoms with Gasteiger partial charge in [-0.25, -0.2) is 0 Å². The van der Waals surface area contributed by atoms with Gasteiger partial charge in [0.15, 0.2) is 5.78 Å². The number of ketones is 1. The van der Waals surface area contributed by atoms with E-state index in [-0.39, 0.29) is 11.7 Å². The Morgan fingerprint density at radius 3 is 2.27 bits per heavy atom. The molecule has 0 heterocycles. The van der Waals surface area contributed by atoms with Crippen LogP contribution in [-0.2, 0) is 17.6 Å². The fraction of sp³-hybridized carbons (Fsp3) is 0.609. The number of carbonyl (C=O) groups is 1. The van der Waals surface area contributed by atoms with Gasteiger partial charge in [-0.05, 0) is 61.0 Å². The van der Waals surface area contributed by atoms with Crippen LogP contribution in [0.1, 0.15) is 75.6 Å². The summed E-state index contributed by atoms with van der Waals surface area (Å²) in [5.41, 5.74) is 5.20. The number of aliphatic hydroxyl groups excluding tert-OH is 1. The summed E-state index contributed by atoms with van der Waals surface area (Å²) < 4.78 is 0. The number of benzene rings is 1. The molecule has 0 aromatic heterocycles. The van der Waals surface area contributed by atoms with Gasteiger partial charge in [0.25, 0.3) is 0 Å². The fourth-order valence-electron chi connectivity index (χ4n) is 4.10. The Labute approximate surface area is 163 Å². The predicted octanol–water partition coefficient (Wildman–Crippen LogP) is 6.29. The quantitative estimate of drug-likeness (QED) is 0.581. The van der Waals surface area contributed by atoms with Crippen molar-refractivity contribution in [3.63, 3.8) is 0 Å². The number of carbonyl (C=O) groups excluding carboxylic acids is 1. The van der Waals surface area contributed by atoms with Gasteiger partial charge in [0.2, 0.25) is 0 Å². The summed E-state index contributed by atoms with van der Waals surface area (Å²) in [7, 11) is 0. The maximum absolute atomic E-state index is 13.0. The van der Waals surface area contributed by atoms with Crippen LogP contribution in [0.4, 0.5) is 0 Å². The zero-order valence-electron chi connectivity index (χ0n) is 17.0. The zero-order valence-corrected chi connectivity index (χ0v) is 17.8. The standard InChI is InChI=1S/C23H34O2S/c1-6-9-26-16(5)12-17-13-20(24)23(21(25)14-17)22-18(7-2)10-15(4)11-19(22)8-3/h10-11,16-17,24H,6-9,12-14H2,1-5H3. The number of allylic oxidation sites excluding steroid dienone is 2. The third-order valence-electron chi connectivity index (χ3n) is 5.25. The number of hydrogen-bond acceptors (Lipinski definition) is 3. The normalized spacial score (nSPS) is 19.1. The summed E-state index contributed by atoms with van der Waals surface area (Å²) in [6.45, 7) is 10.8. The lowest BCUT2D eigenvalue weighted by Crippen LogP contribution is -2.22. The highest BCUT2D eigenvalue weighted by Gasteiger charge is 2.31. The van der Waals surface area contributed by atoms with Crippen molar-refractivity contribution in [1.82, 2.24) is 0 Å². The third-order valence-corrected chi connectivity index (χ3v) is 6.66. The molecule has 1 aliphatic rings. The van der Waals surface area contributed by atoms with Gasteiger partial charge >= 0.3 is 0 Å². The summed E-state index contributed by atoms with van der Waals surface area (Å²) >= 11 is 1.97. The van der Waals surface area contributed by atoms with Crippen LogP contribution in [0.5, 0.6) is 0 Å². The molecule has 1 aliphatic carbocycles. The van der Waals surface area contributed by atoms with Crippen molar-refractivity contribution >= 4 is 23.1 Å². The van der Waals surface area contributed by atoms with E-state index in [1.807, 2.05) is 11.8 Å². The Morgan fingerprint density at radius 1 is 1.15 bits per heavy atom. The Balaban J connectivity index is 2.31. The largest absolute Gasteiger partial charge is 0.512 e. The van der Waals surface area contributed by atoms with Crippen molar-refractivity contribution in [2.75, 3.05) is 5.75 Å². The van der Waals surface area contributed by atoms with E-state index >= 15 is 0 Å². The highest BCUT2D eigenvalue weighted by Crippen LogP contribution is 2.38. The monoisotopic (exact) mass is 374 g/mol. The third kappa shape index (κ3) is 4.94. The van der Waals surface area contributed by atoms with E-state index in [9.17, 15) is 9.90 Å². The lowest BCUT2D eigenvalue weighted by Gasteiger charge is -2.27. The zero-order chi connectivity index (χ0) is 19.3. The van der Waals surface area contributed by atoms with Gasteiger partial charge in [-0.2, -0.15) is 11.8 Å². The summed E-state index contributed by atoms with van der Waals surface area (Å²) in [6.07, 6.45) is 5.14. The minimum atomic E-state index is 0.125. The van der Waals surface area contributed by atoms with Crippen molar-refractivity contribution in [2.24, 2.45) is 5.92 Å². The number of Topliss-reactive ketones (excluding diaryl/α,β-unsaturated/α-hetero) is 1. The van der Waals surface area contributed by atoms with E-state index in [0.29, 0.717) is 29.4 Å². The first-order chi connectivity index (χ1) is 12.4. The number of hydrogen-bond donors (Lipinski definition) is 1. The van der Waals surface area contributed by atoms with Crippen molar-refractivity contribution in [2.45, 2.75) is 78.4 Å². The van der Waals surface area contributed by atoms with Crippen LogP contribution in [0.25, 0.3) is 5.57 Å². The van der Waals surface area contributed by atoms with Crippen molar-refractivity contribution in [3.8, 4) is 0 Å². The molecule has 2 nitrogen and oxygen atoms in total. The lowest BCUT2D eigenvalue weighted by molar-refractivity contribution is -0.115. The SMILES string of the molecule is CCCSC(C)CC1CC(=O)C(c2c(CC)cc(C)cc2CC)=C(O)C1. The number of aliphatic hydroxyl groups is 1. The highest BCUT2D eigenvalue weighted by atomic mass is 32.2. The average molecular weight is 375 g/mol. The van der Waals surface area contributed by atoms with E-state index in [2.05, 4.69) is 46.8 Å². The first-order valence-corrected chi connectivity index (χ1v) is 11.2. The molecular weight excluding hydrogens is 340 g/mol. The van der Waals surface area contributed by atoms with E-state index in [1.54, 1.807) is 0 Å². The first-order valence-electron chi connectivity index (χ1n) is 10.1. The Morgan fingerprint density at radius 2 is 1.77 bits per heavy atom. The first kappa shape index (κ1) is 21.1. The number of rotatable bonds is 8. The van der Waals surface area contributed by atoms with Crippen LogP contribution in [0.15, 0.2) is 17.9 Å². The molecule has 26 heavy (non-hydrogen) atoms. The Kier molecular flexibility index (Phi) is 7.82. The molecule has 0 saturated carbocycles. The number of thioether (sulfide) groups is 1. The Bertz CT molecular complexity index is 650. The maximum Gasteiger partial charge on any atom is 0.167 e. The molecular formula is C23H34O2S. The van der Waals surface area contributed by atoms with Crippen molar-refractivity contribution in [3.05, 3.63) is 40.1 Å². The molecule has 1 aromatic rings. The molecule has 0 spiro atoms. The highest BCUT2D eigenvalue weighted by molar-refractivity contribution is 7.99. The van der Waals surface area contributed by atoms with Gasteiger partial charge in [-0.3, -0.25) is 4.79 Å². The van der Waals surface area contributed by atoms with Gasteiger partial charge in [0.05, 0.1) is 5.57 Å². The van der Waals surface area contributed by atoms with Gasteiger partial charge in [0, 0.05) is 18.1 Å². The van der Waals surface area contributed by atoms with E-state index < -0.39 is 0 Å². The van der Waals surface area contributed by atoms with E-state index in [4.69, 9.17) is 0 Å².